The summed E-state index contributed by atoms with van der Waals surface area (Å²) in [6.45, 7) is 3.58. The van der Waals surface area contributed by atoms with E-state index in [1.54, 1.807) is 6.92 Å². The molecule has 0 saturated heterocycles. The molecule has 0 radical (unpaired) electrons. The van der Waals surface area contributed by atoms with Crippen LogP contribution in [0.3, 0.4) is 0 Å². The van der Waals surface area contributed by atoms with E-state index >= 15 is 0 Å². The fourth-order valence-corrected chi connectivity index (χ4v) is 2.45. The van der Waals surface area contributed by atoms with E-state index in [0.29, 0.717) is 12.8 Å². The van der Waals surface area contributed by atoms with Crippen LogP contribution in [0.15, 0.2) is 0 Å². The fraction of sp³-hybridized carbons (Fsp3) is 1.00. The van der Waals surface area contributed by atoms with Gasteiger partial charge in [-0.25, -0.2) is 0 Å². The second-order valence-corrected chi connectivity index (χ2v) is 4.24. The molecular weight excluding hydrogens is 193 g/mol. The summed E-state index contributed by atoms with van der Waals surface area (Å²) in [4.78, 5) is 0. The number of hydrogen-bond donors (Lipinski definition) is 1. The van der Waals surface area contributed by atoms with Gasteiger partial charge < -0.3 is 5.11 Å². The normalized spacial score (nSPS) is 39.0. The van der Waals surface area contributed by atoms with Crippen molar-refractivity contribution >= 4 is 0 Å². The molecule has 0 aromatic heterocycles. The molecule has 0 bridgehead atoms. The van der Waals surface area contributed by atoms with E-state index in [4.69, 9.17) is 0 Å². The molecule has 0 aliphatic heterocycles. The van der Waals surface area contributed by atoms with Crippen LogP contribution in [0.5, 0.6) is 0 Å². The maximum atomic E-state index is 12.6. The average Bonchev–Trinajstić information content (AvgIpc) is 2.42. The van der Waals surface area contributed by atoms with Gasteiger partial charge >= 0.3 is 6.18 Å². The molecule has 0 spiro atoms. The van der Waals surface area contributed by atoms with Gasteiger partial charge in [-0.05, 0) is 24.7 Å². The Kier molecular flexibility index (Phi) is 3.14. The highest BCUT2D eigenvalue weighted by Crippen LogP contribution is 2.51. The smallest absolute Gasteiger partial charge is 0.380 e. The van der Waals surface area contributed by atoms with Gasteiger partial charge in [0.15, 0.2) is 5.60 Å². The molecule has 1 nitrogen and oxygen atoms in total. The molecule has 1 aliphatic carbocycles. The van der Waals surface area contributed by atoms with Gasteiger partial charge in [0.25, 0.3) is 0 Å². The summed E-state index contributed by atoms with van der Waals surface area (Å²) >= 11 is 0. The Morgan fingerprint density at radius 3 is 2.14 bits per heavy atom. The van der Waals surface area contributed by atoms with E-state index in [-0.39, 0.29) is 12.3 Å². The monoisotopic (exact) mass is 210 g/mol. The minimum Gasteiger partial charge on any atom is -0.380 e. The molecule has 0 aromatic rings. The van der Waals surface area contributed by atoms with Gasteiger partial charge in [0, 0.05) is 0 Å². The van der Waals surface area contributed by atoms with E-state index in [0.717, 1.165) is 6.42 Å². The van der Waals surface area contributed by atoms with E-state index in [1.807, 2.05) is 6.92 Å². The number of rotatable bonds is 2. The highest BCUT2D eigenvalue weighted by atomic mass is 19.4. The minimum atomic E-state index is -4.47. The predicted octanol–water partition coefficient (Wildman–Crippen LogP) is 3.13. The highest BCUT2D eigenvalue weighted by Gasteiger charge is 2.61. The standard InChI is InChI=1S/C10H17F3O/c1-3-7-5-8(4-2)9(14,6-7)10(11,12)13/h7-8,14H,3-6H2,1-2H3. The second kappa shape index (κ2) is 3.72. The average molecular weight is 210 g/mol. The Morgan fingerprint density at radius 2 is 1.86 bits per heavy atom. The molecule has 1 N–H and O–H groups in total. The molecule has 1 fully saturated rings. The topological polar surface area (TPSA) is 20.2 Å². The van der Waals surface area contributed by atoms with Gasteiger partial charge in [-0.1, -0.05) is 26.7 Å². The number of aliphatic hydroxyl groups is 1. The molecule has 0 aromatic carbocycles. The number of halogens is 3. The first-order chi connectivity index (χ1) is 6.35. The summed E-state index contributed by atoms with van der Waals surface area (Å²) in [6.07, 6.45) is -2.98. The zero-order valence-corrected chi connectivity index (χ0v) is 8.56. The van der Waals surface area contributed by atoms with Crippen LogP contribution in [-0.4, -0.2) is 16.9 Å². The van der Waals surface area contributed by atoms with Crippen molar-refractivity contribution in [3.05, 3.63) is 0 Å². The van der Waals surface area contributed by atoms with Gasteiger partial charge in [-0.2, -0.15) is 13.2 Å². The zero-order chi connectivity index (χ0) is 11.0. The zero-order valence-electron chi connectivity index (χ0n) is 8.56. The molecule has 1 rings (SSSR count). The quantitative estimate of drug-likeness (QED) is 0.742. The molecule has 14 heavy (non-hydrogen) atoms. The summed E-state index contributed by atoms with van der Waals surface area (Å²) in [5.41, 5.74) is -2.43. The Morgan fingerprint density at radius 1 is 1.29 bits per heavy atom. The van der Waals surface area contributed by atoms with Gasteiger partial charge in [-0.3, -0.25) is 0 Å². The highest BCUT2D eigenvalue weighted by molar-refractivity contribution is 5.00. The van der Waals surface area contributed by atoms with Gasteiger partial charge in [0.05, 0.1) is 0 Å². The van der Waals surface area contributed by atoms with Crippen molar-refractivity contribution in [3.63, 3.8) is 0 Å². The first kappa shape index (κ1) is 11.8. The predicted molar refractivity (Wildman–Crippen MR) is 47.8 cm³/mol. The van der Waals surface area contributed by atoms with Crippen molar-refractivity contribution in [3.8, 4) is 0 Å². The Labute approximate surface area is 82.3 Å². The minimum absolute atomic E-state index is 0.0200. The third-order valence-corrected chi connectivity index (χ3v) is 3.45. The third-order valence-electron chi connectivity index (χ3n) is 3.45. The SMILES string of the molecule is CCC1CC(CC)C(O)(C(F)(F)F)C1. The van der Waals surface area contributed by atoms with Crippen LogP contribution in [0.4, 0.5) is 13.2 Å². The lowest BCUT2D eigenvalue weighted by Crippen LogP contribution is -2.48. The van der Waals surface area contributed by atoms with Crippen LogP contribution in [0.2, 0.25) is 0 Å². The summed E-state index contributed by atoms with van der Waals surface area (Å²) < 4.78 is 37.9. The first-order valence-corrected chi connectivity index (χ1v) is 5.14. The maximum absolute atomic E-state index is 12.6. The molecular formula is C10H17F3O. The molecule has 3 atom stereocenters. The number of hydrogen-bond acceptors (Lipinski definition) is 1. The molecule has 0 heterocycles. The van der Waals surface area contributed by atoms with Gasteiger partial charge in [0.1, 0.15) is 0 Å². The van der Waals surface area contributed by atoms with Crippen molar-refractivity contribution in [2.45, 2.75) is 51.3 Å². The largest absolute Gasteiger partial charge is 0.417 e. The van der Waals surface area contributed by atoms with Crippen molar-refractivity contribution in [1.29, 1.82) is 0 Å². The van der Waals surface area contributed by atoms with Crippen molar-refractivity contribution < 1.29 is 18.3 Å². The molecule has 3 unspecified atom stereocenters. The Hall–Kier alpha value is -0.250. The number of alkyl halides is 3. The van der Waals surface area contributed by atoms with Gasteiger partial charge in [-0.15, -0.1) is 0 Å². The van der Waals surface area contributed by atoms with Crippen LogP contribution < -0.4 is 0 Å². The van der Waals surface area contributed by atoms with E-state index < -0.39 is 17.7 Å². The van der Waals surface area contributed by atoms with Crippen molar-refractivity contribution in [2.24, 2.45) is 11.8 Å². The molecule has 0 amide bonds. The lowest BCUT2D eigenvalue weighted by atomic mass is 9.88. The summed E-state index contributed by atoms with van der Waals surface area (Å²) in [6, 6.07) is 0. The lowest BCUT2D eigenvalue weighted by molar-refractivity contribution is -0.273. The summed E-state index contributed by atoms with van der Waals surface area (Å²) in [5, 5.41) is 9.66. The third kappa shape index (κ3) is 1.76. The lowest BCUT2D eigenvalue weighted by Gasteiger charge is -2.31. The van der Waals surface area contributed by atoms with Crippen molar-refractivity contribution in [2.75, 3.05) is 0 Å². The van der Waals surface area contributed by atoms with Crippen LogP contribution in [0, 0.1) is 11.8 Å². The Bertz CT molecular complexity index is 202. The molecule has 1 aliphatic rings. The van der Waals surface area contributed by atoms with E-state index in [2.05, 4.69) is 0 Å². The summed E-state index contributed by atoms with van der Waals surface area (Å²) in [7, 11) is 0. The van der Waals surface area contributed by atoms with Gasteiger partial charge in [0.2, 0.25) is 0 Å². The second-order valence-electron chi connectivity index (χ2n) is 4.24. The molecule has 4 heteroatoms. The first-order valence-electron chi connectivity index (χ1n) is 5.14. The van der Waals surface area contributed by atoms with Crippen LogP contribution >= 0.6 is 0 Å². The van der Waals surface area contributed by atoms with E-state index in [9.17, 15) is 18.3 Å². The fourth-order valence-electron chi connectivity index (χ4n) is 2.45. The van der Waals surface area contributed by atoms with Crippen molar-refractivity contribution in [1.82, 2.24) is 0 Å². The van der Waals surface area contributed by atoms with Crippen LogP contribution in [0.1, 0.15) is 39.5 Å². The summed E-state index contributed by atoms with van der Waals surface area (Å²) in [5.74, 6) is -0.598. The Balaban J connectivity index is 2.86. The van der Waals surface area contributed by atoms with Crippen LogP contribution in [-0.2, 0) is 0 Å². The van der Waals surface area contributed by atoms with E-state index in [1.165, 1.54) is 0 Å². The molecule has 84 valence electrons. The molecule has 1 saturated carbocycles. The maximum Gasteiger partial charge on any atom is 0.417 e. The van der Waals surface area contributed by atoms with Crippen LogP contribution in [0.25, 0.3) is 0 Å².